The lowest BCUT2D eigenvalue weighted by Gasteiger charge is -2.59. The van der Waals surface area contributed by atoms with E-state index < -0.39 is 68.0 Å². The lowest BCUT2D eigenvalue weighted by atomic mass is 9.47. The third-order valence-corrected chi connectivity index (χ3v) is 15.8. The molecule has 0 aromatic heterocycles. The molecule has 0 radical (unpaired) electrons. The number of aliphatic hydroxyl groups is 6. The molecule has 51 heavy (non-hydrogen) atoms. The zero-order valence-electron chi connectivity index (χ0n) is 31.0. The zero-order valence-corrected chi connectivity index (χ0v) is 31.0. The number of ether oxygens (including phenoxy) is 5. The largest absolute Gasteiger partial charge is 0.394 e. The Morgan fingerprint density at radius 3 is 2.31 bits per heavy atom. The molecule has 12 nitrogen and oxygen atoms in total. The van der Waals surface area contributed by atoms with Crippen molar-refractivity contribution in [3.63, 3.8) is 0 Å². The Balaban J connectivity index is 0.915. The predicted molar refractivity (Wildman–Crippen MR) is 184 cm³/mol. The van der Waals surface area contributed by atoms with Gasteiger partial charge in [0, 0.05) is 12.5 Å². The van der Waals surface area contributed by atoms with Crippen LogP contribution in [-0.4, -0.2) is 123 Å². The van der Waals surface area contributed by atoms with Gasteiger partial charge in [0.25, 0.3) is 0 Å². The van der Waals surface area contributed by atoms with Crippen molar-refractivity contribution in [2.75, 3.05) is 13.2 Å². The molecular weight excluding hydrogens is 658 g/mol. The maximum atomic E-state index is 11.1. The minimum absolute atomic E-state index is 0.0881. The van der Waals surface area contributed by atoms with Crippen LogP contribution >= 0.6 is 0 Å². The van der Waals surface area contributed by atoms with Crippen molar-refractivity contribution in [2.45, 2.75) is 172 Å². The van der Waals surface area contributed by atoms with Gasteiger partial charge in [-0.25, -0.2) is 0 Å². The first-order valence-corrected chi connectivity index (χ1v) is 20.0. The monoisotopic (exact) mass is 721 g/mol. The van der Waals surface area contributed by atoms with Gasteiger partial charge in [0.05, 0.1) is 24.9 Å². The van der Waals surface area contributed by atoms with E-state index in [9.17, 15) is 30.6 Å². The highest BCUT2D eigenvalue weighted by atomic mass is 16.7. The third kappa shape index (κ3) is 5.84. The summed E-state index contributed by atoms with van der Waals surface area (Å²) >= 11 is 0. The Morgan fingerprint density at radius 2 is 1.59 bits per heavy atom. The van der Waals surface area contributed by atoms with Gasteiger partial charge in [-0.05, 0) is 105 Å². The van der Waals surface area contributed by atoms with Crippen LogP contribution in [0, 0.1) is 46.3 Å². The molecule has 4 aliphatic carbocycles. The van der Waals surface area contributed by atoms with Gasteiger partial charge in [-0.15, -0.1) is 0 Å². The van der Waals surface area contributed by atoms with Crippen molar-refractivity contribution >= 4 is 0 Å². The van der Waals surface area contributed by atoms with E-state index in [2.05, 4.69) is 39.1 Å². The molecule has 1 spiro atoms. The van der Waals surface area contributed by atoms with Gasteiger partial charge in [0.15, 0.2) is 12.6 Å². The lowest BCUT2D eigenvalue weighted by molar-refractivity contribution is -0.360. The summed E-state index contributed by atoms with van der Waals surface area (Å²) < 4.78 is 30.7. The molecule has 0 aromatic carbocycles. The number of hydrogen-bond acceptors (Lipinski definition) is 12. The fourth-order valence-electron chi connectivity index (χ4n) is 12.7. The van der Waals surface area contributed by atoms with E-state index in [4.69, 9.17) is 23.7 Å². The van der Waals surface area contributed by atoms with Gasteiger partial charge in [0.1, 0.15) is 48.5 Å². The van der Waals surface area contributed by atoms with E-state index in [1.807, 2.05) is 0 Å². The molecule has 0 aromatic rings. The summed E-state index contributed by atoms with van der Waals surface area (Å²) in [5, 5.41) is 67.0. The molecule has 4 aliphatic heterocycles. The second-order valence-electron chi connectivity index (χ2n) is 18.4. The van der Waals surface area contributed by atoms with Crippen LogP contribution < -0.4 is 5.32 Å². The summed E-state index contributed by atoms with van der Waals surface area (Å²) in [6.45, 7) is 11.9. The molecule has 4 saturated heterocycles. The summed E-state index contributed by atoms with van der Waals surface area (Å²) in [6, 6.07) is 0. The van der Waals surface area contributed by atoms with Crippen molar-refractivity contribution in [2.24, 2.45) is 46.3 Å². The van der Waals surface area contributed by atoms with Gasteiger partial charge < -0.3 is 54.3 Å². The normalized spacial score (nSPS) is 58.4. The first kappa shape index (κ1) is 37.2. The van der Waals surface area contributed by atoms with E-state index in [1.54, 1.807) is 0 Å². The van der Waals surface area contributed by atoms with Crippen LogP contribution in [0.25, 0.3) is 0 Å². The maximum Gasteiger partial charge on any atom is 0.187 e. The molecule has 3 saturated carbocycles. The third-order valence-electron chi connectivity index (χ3n) is 15.8. The standard InChI is InChI=1S/C39H63NO11/c1-18-8-13-39(40-16-18)19(2)28-26(51-39)15-25-23-7-6-21-14-22(9-11-37(21,4)24(23)10-12-38(25,28)5)48-36-33(46)31(44)34(27(17-41)49-36)50-35-32(45)30(43)29(42)20(3)47-35/h6,18-20,22-36,40-46H,7-17H2,1-5H3/t18-,19-,20-,22-,23+,24-,25+,26+,27+,28+,29-,30+,31+,32+,33+,34+,35-,36+,37-,38-,39+/m0/s1. The Bertz CT molecular complexity index is 1310. The fourth-order valence-corrected chi connectivity index (χ4v) is 12.7. The molecule has 12 heteroatoms. The summed E-state index contributed by atoms with van der Waals surface area (Å²) in [4.78, 5) is 0. The van der Waals surface area contributed by atoms with E-state index in [0.717, 1.165) is 38.6 Å². The first-order chi connectivity index (χ1) is 24.2. The van der Waals surface area contributed by atoms with Crippen LogP contribution in [0.2, 0.25) is 0 Å². The maximum absolute atomic E-state index is 11.1. The first-order valence-electron chi connectivity index (χ1n) is 20.0. The molecule has 7 fully saturated rings. The van der Waals surface area contributed by atoms with E-state index in [1.165, 1.54) is 38.2 Å². The van der Waals surface area contributed by atoms with Gasteiger partial charge in [0.2, 0.25) is 0 Å². The van der Waals surface area contributed by atoms with Crippen molar-refractivity contribution < 1.29 is 54.3 Å². The molecule has 21 atom stereocenters. The van der Waals surface area contributed by atoms with Crippen LogP contribution in [0.1, 0.15) is 92.4 Å². The van der Waals surface area contributed by atoms with Crippen molar-refractivity contribution in [1.82, 2.24) is 5.32 Å². The lowest BCUT2D eigenvalue weighted by Crippen LogP contribution is -2.64. The van der Waals surface area contributed by atoms with E-state index in [0.29, 0.717) is 47.0 Å². The van der Waals surface area contributed by atoms with Gasteiger partial charge in [-0.3, -0.25) is 5.32 Å². The Labute approximate surface area is 302 Å². The number of hydrogen-bond donors (Lipinski definition) is 7. The Kier molecular flexibility index (Phi) is 9.83. The smallest absolute Gasteiger partial charge is 0.187 e. The van der Waals surface area contributed by atoms with Crippen LogP contribution in [0.15, 0.2) is 11.6 Å². The van der Waals surface area contributed by atoms with Gasteiger partial charge >= 0.3 is 0 Å². The summed E-state index contributed by atoms with van der Waals surface area (Å²) in [5.41, 5.74) is 1.66. The topological polar surface area (TPSA) is 180 Å². The predicted octanol–water partition coefficient (Wildman–Crippen LogP) is 1.96. The number of aliphatic hydroxyl groups excluding tert-OH is 6. The number of rotatable bonds is 5. The summed E-state index contributed by atoms with van der Waals surface area (Å²) in [5.74, 6) is 3.74. The highest BCUT2D eigenvalue weighted by Crippen LogP contribution is 2.70. The number of fused-ring (bicyclic) bond motifs is 7. The van der Waals surface area contributed by atoms with Crippen LogP contribution in [-0.2, 0) is 23.7 Å². The van der Waals surface area contributed by atoms with E-state index >= 15 is 0 Å². The van der Waals surface area contributed by atoms with Crippen LogP contribution in [0.3, 0.4) is 0 Å². The molecule has 290 valence electrons. The molecule has 0 bridgehead atoms. The second-order valence-corrected chi connectivity index (χ2v) is 18.4. The second kappa shape index (κ2) is 13.5. The van der Waals surface area contributed by atoms with E-state index in [-0.39, 0.29) is 17.2 Å². The number of allylic oxidation sites excluding steroid dienone is 1. The minimum Gasteiger partial charge on any atom is -0.394 e. The zero-order chi connectivity index (χ0) is 36.2. The van der Waals surface area contributed by atoms with Crippen molar-refractivity contribution in [1.29, 1.82) is 0 Å². The molecule has 8 aliphatic rings. The number of nitrogens with one attached hydrogen (secondary N) is 1. The molecule has 0 unspecified atom stereocenters. The average Bonchev–Trinajstić information content (AvgIpc) is 3.56. The Morgan fingerprint density at radius 1 is 0.843 bits per heavy atom. The molecule has 8 rings (SSSR count). The molecule has 4 heterocycles. The van der Waals surface area contributed by atoms with Gasteiger partial charge in [-0.1, -0.05) is 39.3 Å². The Hall–Kier alpha value is -0.740. The fraction of sp³-hybridized carbons (Fsp3) is 0.949. The number of piperidine rings is 1. The summed E-state index contributed by atoms with van der Waals surface area (Å²) in [6.07, 6.45) is -1.11. The average molecular weight is 722 g/mol. The van der Waals surface area contributed by atoms with Crippen molar-refractivity contribution in [3.8, 4) is 0 Å². The highest BCUT2D eigenvalue weighted by Gasteiger charge is 2.68. The quantitative estimate of drug-likeness (QED) is 0.206. The minimum atomic E-state index is -1.60. The molecule has 0 amide bonds. The molecular formula is C39H63NO11. The van der Waals surface area contributed by atoms with Crippen LogP contribution in [0.5, 0.6) is 0 Å². The highest BCUT2D eigenvalue weighted by molar-refractivity contribution is 5.26. The SMILES string of the molecule is C[C@H]1CC[C@@]2(NC1)O[C@@H]1C[C@@H]3[C@@H]4CC=C5C[C@@H](O[C@@H]6O[C@H](CO)[C@@H](O[C@@H]7O[C@@H](C)[C@H](O)[C@@H](O)[C@H]7O)[C@H](O)[C@H]6O)CC[C@]5(C)[C@H]4CC[C@]3(C)[C@@H]1[C@@H]2C. The van der Waals surface area contributed by atoms with Gasteiger partial charge in [-0.2, -0.15) is 0 Å². The molecule has 7 N–H and O–H groups in total. The summed E-state index contributed by atoms with van der Waals surface area (Å²) in [7, 11) is 0. The van der Waals surface area contributed by atoms with Crippen LogP contribution in [0.4, 0.5) is 0 Å². The van der Waals surface area contributed by atoms with Crippen molar-refractivity contribution in [3.05, 3.63) is 11.6 Å².